The lowest BCUT2D eigenvalue weighted by Gasteiger charge is -2.24. The van der Waals surface area contributed by atoms with E-state index in [1.807, 2.05) is 30.3 Å². The van der Waals surface area contributed by atoms with Gasteiger partial charge in [-0.25, -0.2) is 0 Å². The molecule has 0 aliphatic heterocycles. The zero-order valence-corrected chi connectivity index (χ0v) is 10.4. The van der Waals surface area contributed by atoms with Gasteiger partial charge in [-0.3, -0.25) is 4.79 Å². The van der Waals surface area contributed by atoms with Crippen molar-refractivity contribution in [2.75, 3.05) is 5.32 Å². The van der Waals surface area contributed by atoms with E-state index in [0.29, 0.717) is 12.3 Å². The standard InChI is InChI=1S/C16H17NO/c18-16(10-12-4-3-5-12)17-15-9-8-13-6-1-2-7-14(13)11-15/h1-2,6-9,11-12H,3-5,10H2,(H,17,18). The van der Waals surface area contributed by atoms with Gasteiger partial charge in [0.1, 0.15) is 0 Å². The zero-order valence-electron chi connectivity index (χ0n) is 10.4. The topological polar surface area (TPSA) is 29.1 Å². The Bertz CT molecular complexity index is 572. The van der Waals surface area contributed by atoms with Crippen molar-refractivity contribution in [1.82, 2.24) is 0 Å². The Hall–Kier alpha value is -1.83. The molecule has 3 rings (SSSR count). The Labute approximate surface area is 107 Å². The minimum absolute atomic E-state index is 0.148. The van der Waals surface area contributed by atoms with Gasteiger partial charge in [0.15, 0.2) is 0 Å². The van der Waals surface area contributed by atoms with Crippen LogP contribution < -0.4 is 5.32 Å². The van der Waals surface area contributed by atoms with Crippen LogP contribution in [0.15, 0.2) is 42.5 Å². The number of nitrogens with one attached hydrogen (secondary N) is 1. The summed E-state index contributed by atoms with van der Waals surface area (Å²) in [6, 6.07) is 14.2. The Balaban J connectivity index is 1.71. The average molecular weight is 239 g/mol. The third-order valence-electron chi connectivity index (χ3n) is 3.73. The molecule has 0 heterocycles. The average Bonchev–Trinajstić information content (AvgIpc) is 2.34. The maximum atomic E-state index is 11.8. The highest BCUT2D eigenvalue weighted by molar-refractivity contribution is 5.94. The van der Waals surface area contributed by atoms with E-state index in [2.05, 4.69) is 17.4 Å². The maximum absolute atomic E-state index is 11.8. The van der Waals surface area contributed by atoms with Crippen molar-refractivity contribution >= 4 is 22.4 Å². The number of amides is 1. The monoisotopic (exact) mass is 239 g/mol. The molecule has 2 nitrogen and oxygen atoms in total. The SMILES string of the molecule is O=C(CC1CCC1)Nc1ccc2ccccc2c1. The molecule has 1 N–H and O–H groups in total. The van der Waals surface area contributed by atoms with Gasteiger partial charge in [0.05, 0.1) is 0 Å². The van der Waals surface area contributed by atoms with Crippen LogP contribution in [0, 0.1) is 5.92 Å². The molecule has 0 radical (unpaired) electrons. The molecular weight excluding hydrogens is 222 g/mol. The lowest BCUT2D eigenvalue weighted by molar-refractivity contribution is -0.117. The van der Waals surface area contributed by atoms with Gasteiger partial charge in [-0.1, -0.05) is 36.8 Å². The Morgan fingerprint density at radius 2 is 1.89 bits per heavy atom. The number of fused-ring (bicyclic) bond motifs is 1. The summed E-state index contributed by atoms with van der Waals surface area (Å²) in [5, 5.41) is 5.36. The van der Waals surface area contributed by atoms with Crippen molar-refractivity contribution in [3.05, 3.63) is 42.5 Å². The number of anilines is 1. The van der Waals surface area contributed by atoms with Crippen molar-refractivity contribution < 1.29 is 4.79 Å². The molecule has 1 saturated carbocycles. The molecule has 0 bridgehead atoms. The number of rotatable bonds is 3. The summed E-state index contributed by atoms with van der Waals surface area (Å²) in [6.45, 7) is 0. The van der Waals surface area contributed by atoms with Crippen molar-refractivity contribution in [2.45, 2.75) is 25.7 Å². The second kappa shape index (κ2) is 4.81. The van der Waals surface area contributed by atoms with Crippen LogP contribution in [-0.2, 0) is 4.79 Å². The quantitative estimate of drug-likeness (QED) is 0.862. The van der Waals surface area contributed by atoms with E-state index in [4.69, 9.17) is 0 Å². The highest BCUT2D eigenvalue weighted by atomic mass is 16.1. The van der Waals surface area contributed by atoms with Crippen LogP contribution in [-0.4, -0.2) is 5.91 Å². The van der Waals surface area contributed by atoms with Crippen LogP contribution in [0.2, 0.25) is 0 Å². The van der Waals surface area contributed by atoms with E-state index in [0.717, 1.165) is 5.69 Å². The number of carbonyl (C=O) groups excluding carboxylic acids is 1. The van der Waals surface area contributed by atoms with E-state index < -0.39 is 0 Å². The summed E-state index contributed by atoms with van der Waals surface area (Å²) < 4.78 is 0. The van der Waals surface area contributed by atoms with Gasteiger partial charge >= 0.3 is 0 Å². The minimum atomic E-state index is 0.148. The number of hydrogen-bond acceptors (Lipinski definition) is 1. The summed E-state index contributed by atoms with van der Waals surface area (Å²) in [5.41, 5.74) is 0.901. The molecule has 1 aliphatic carbocycles. The van der Waals surface area contributed by atoms with Crippen LogP contribution in [0.25, 0.3) is 10.8 Å². The number of hydrogen-bond donors (Lipinski definition) is 1. The second-order valence-electron chi connectivity index (χ2n) is 5.11. The van der Waals surface area contributed by atoms with Gasteiger partial charge in [-0.15, -0.1) is 0 Å². The molecule has 1 aliphatic rings. The van der Waals surface area contributed by atoms with Crippen molar-refractivity contribution in [3.8, 4) is 0 Å². The fourth-order valence-electron chi connectivity index (χ4n) is 2.44. The third kappa shape index (κ3) is 2.37. The summed E-state index contributed by atoms with van der Waals surface area (Å²) in [6.07, 6.45) is 4.39. The number of benzene rings is 2. The summed E-state index contributed by atoms with van der Waals surface area (Å²) in [7, 11) is 0. The van der Waals surface area contributed by atoms with E-state index in [9.17, 15) is 4.79 Å². The Morgan fingerprint density at radius 3 is 2.61 bits per heavy atom. The van der Waals surface area contributed by atoms with E-state index in [-0.39, 0.29) is 5.91 Å². The van der Waals surface area contributed by atoms with E-state index >= 15 is 0 Å². The van der Waals surface area contributed by atoms with Gasteiger partial charge < -0.3 is 5.32 Å². The fraction of sp³-hybridized carbons (Fsp3) is 0.312. The largest absolute Gasteiger partial charge is 0.326 e. The van der Waals surface area contributed by atoms with E-state index in [1.165, 1.54) is 30.0 Å². The molecular formula is C16H17NO. The Kier molecular flexibility index (Phi) is 3.01. The first-order chi connectivity index (χ1) is 8.81. The molecule has 2 aromatic rings. The molecule has 0 atom stereocenters. The van der Waals surface area contributed by atoms with E-state index in [1.54, 1.807) is 0 Å². The molecule has 2 aromatic carbocycles. The first-order valence-electron chi connectivity index (χ1n) is 6.60. The van der Waals surface area contributed by atoms with Crippen LogP contribution in [0.3, 0.4) is 0 Å². The van der Waals surface area contributed by atoms with Gasteiger partial charge in [0, 0.05) is 12.1 Å². The molecule has 18 heavy (non-hydrogen) atoms. The highest BCUT2D eigenvalue weighted by Gasteiger charge is 2.20. The van der Waals surface area contributed by atoms with Crippen molar-refractivity contribution in [2.24, 2.45) is 5.92 Å². The molecule has 2 heteroatoms. The van der Waals surface area contributed by atoms with Crippen molar-refractivity contribution in [3.63, 3.8) is 0 Å². The van der Waals surface area contributed by atoms with Gasteiger partial charge in [-0.05, 0) is 41.7 Å². The molecule has 1 fully saturated rings. The molecule has 0 saturated heterocycles. The summed E-state index contributed by atoms with van der Waals surface area (Å²) in [5.74, 6) is 0.764. The van der Waals surface area contributed by atoms with Crippen LogP contribution >= 0.6 is 0 Å². The molecule has 0 aromatic heterocycles. The maximum Gasteiger partial charge on any atom is 0.224 e. The third-order valence-corrected chi connectivity index (χ3v) is 3.73. The Morgan fingerprint density at radius 1 is 1.11 bits per heavy atom. The zero-order chi connectivity index (χ0) is 12.4. The van der Waals surface area contributed by atoms with Gasteiger partial charge in [0.2, 0.25) is 5.91 Å². The van der Waals surface area contributed by atoms with Crippen LogP contribution in [0.1, 0.15) is 25.7 Å². The second-order valence-corrected chi connectivity index (χ2v) is 5.11. The summed E-state index contributed by atoms with van der Waals surface area (Å²) in [4.78, 5) is 11.8. The van der Waals surface area contributed by atoms with Gasteiger partial charge in [0.25, 0.3) is 0 Å². The molecule has 1 amide bonds. The smallest absolute Gasteiger partial charge is 0.224 e. The lowest BCUT2D eigenvalue weighted by Crippen LogP contribution is -2.20. The van der Waals surface area contributed by atoms with Gasteiger partial charge in [-0.2, -0.15) is 0 Å². The normalized spacial score (nSPS) is 15.3. The number of carbonyl (C=O) groups is 1. The lowest BCUT2D eigenvalue weighted by atomic mass is 9.83. The predicted molar refractivity (Wildman–Crippen MR) is 74.5 cm³/mol. The fourth-order valence-corrected chi connectivity index (χ4v) is 2.44. The van der Waals surface area contributed by atoms with Crippen molar-refractivity contribution in [1.29, 1.82) is 0 Å². The van der Waals surface area contributed by atoms with Crippen LogP contribution in [0.5, 0.6) is 0 Å². The predicted octanol–water partition coefficient (Wildman–Crippen LogP) is 3.97. The highest BCUT2D eigenvalue weighted by Crippen LogP contribution is 2.29. The first-order valence-corrected chi connectivity index (χ1v) is 6.60. The molecule has 92 valence electrons. The molecule has 0 spiro atoms. The molecule has 0 unspecified atom stereocenters. The first kappa shape index (κ1) is 11.3. The summed E-state index contributed by atoms with van der Waals surface area (Å²) >= 11 is 0. The van der Waals surface area contributed by atoms with Crippen LogP contribution in [0.4, 0.5) is 5.69 Å². The minimum Gasteiger partial charge on any atom is -0.326 e.